The van der Waals surface area contributed by atoms with E-state index in [0.717, 1.165) is 57.1 Å². The number of hydrogen-bond acceptors (Lipinski definition) is 8. The molecule has 262 valence electrons. The molecule has 1 aliphatic carbocycles. The van der Waals surface area contributed by atoms with Gasteiger partial charge in [0.25, 0.3) is 5.79 Å². The molecule has 3 fully saturated rings. The Bertz CT molecular complexity index is 1090. The molecule has 8 heteroatoms. The van der Waals surface area contributed by atoms with Gasteiger partial charge in [-0.1, -0.05) is 50.5 Å². The second-order valence-corrected chi connectivity index (χ2v) is 13.1. The van der Waals surface area contributed by atoms with Crippen LogP contribution in [0.5, 0.6) is 5.75 Å². The van der Waals surface area contributed by atoms with Crippen molar-refractivity contribution in [3.63, 3.8) is 0 Å². The number of methoxy groups -OCH3 is 1. The molecule has 5 atom stereocenters. The van der Waals surface area contributed by atoms with Crippen molar-refractivity contribution in [2.45, 2.75) is 134 Å². The fourth-order valence-corrected chi connectivity index (χ4v) is 6.64. The Labute approximate surface area is 282 Å². The van der Waals surface area contributed by atoms with Crippen LogP contribution in [-0.4, -0.2) is 62.5 Å². The quantitative estimate of drug-likeness (QED) is 0.0528. The predicted molar refractivity (Wildman–Crippen MR) is 182 cm³/mol. The van der Waals surface area contributed by atoms with Gasteiger partial charge in [-0.25, -0.2) is 4.79 Å². The second-order valence-electron chi connectivity index (χ2n) is 13.1. The highest BCUT2D eigenvalue weighted by molar-refractivity contribution is 5.78. The second kappa shape index (κ2) is 20.8. The molecule has 4 rings (SSSR count). The molecule has 8 nitrogen and oxygen atoms in total. The summed E-state index contributed by atoms with van der Waals surface area (Å²) in [5.74, 6) is -0.985. The third-order valence-electron chi connectivity index (χ3n) is 9.43. The molecule has 2 unspecified atom stereocenters. The minimum Gasteiger partial charge on any atom is -0.493 e. The highest BCUT2D eigenvalue weighted by atomic mass is 16.8. The molecule has 0 aromatic heterocycles. The van der Waals surface area contributed by atoms with Crippen molar-refractivity contribution >= 4 is 5.97 Å². The van der Waals surface area contributed by atoms with E-state index >= 15 is 0 Å². The monoisotopic (exact) mass is 654 g/mol. The predicted octanol–water partition coefficient (Wildman–Crippen LogP) is 7.97. The Balaban J connectivity index is 1.27. The van der Waals surface area contributed by atoms with E-state index in [1.165, 1.54) is 38.4 Å². The smallest absolute Gasteiger partial charge is 0.367 e. The summed E-state index contributed by atoms with van der Waals surface area (Å²) in [4.78, 5) is 13.1. The third kappa shape index (κ3) is 12.5. The van der Waals surface area contributed by atoms with E-state index < -0.39 is 24.3 Å². The van der Waals surface area contributed by atoms with Gasteiger partial charge in [0.2, 0.25) is 0 Å². The van der Waals surface area contributed by atoms with Crippen LogP contribution in [0.1, 0.15) is 109 Å². The molecule has 1 N–H and O–H groups in total. The lowest BCUT2D eigenvalue weighted by Crippen LogP contribution is -2.51. The Morgan fingerprint density at radius 2 is 1.68 bits per heavy atom. The number of carbonyl (C=O) groups is 1. The zero-order valence-corrected chi connectivity index (χ0v) is 28.7. The number of benzene rings is 1. The van der Waals surface area contributed by atoms with Gasteiger partial charge in [0.15, 0.2) is 12.6 Å². The Morgan fingerprint density at radius 3 is 2.32 bits per heavy atom. The number of esters is 1. The first kappa shape index (κ1) is 37.4. The molecule has 1 aromatic carbocycles. The maximum atomic E-state index is 13.1. The Hall–Kier alpha value is -2.45. The van der Waals surface area contributed by atoms with E-state index in [-0.39, 0.29) is 18.4 Å². The van der Waals surface area contributed by atoms with Gasteiger partial charge in [0, 0.05) is 19.6 Å². The molecule has 1 saturated carbocycles. The number of aliphatic hydroxyl groups is 1. The van der Waals surface area contributed by atoms with Crippen LogP contribution in [0.2, 0.25) is 0 Å². The standard InChI is InChI=1S/C39H58O8/c1-3-4-5-7-16-31-21-24-33(25-22-31)43-28-13-9-17-32-23-26-35(40)34(32)18-8-6-12-27-39(38(41)42-2,46-36-19-10-14-29-44-36)47-37-20-11-15-30-45-37/h8-9,12,17,21-22,24-25,32,34-37,40H,3-5,7,10-11,13-16,18-20,23,26-30H2,1-2H3/b17-9+/t6?,32-,34+,35-,36?,37?,39?/m0/s1. The molecule has 0 amide bonds. The van der Waals surface area contributed by atoms with E-state index in [2.05, 4.69) is 49.1 Å². The lowest BCUT2D eigenvalue weighted by molar-refractivity contribution is -0.350. The van der Waals surface area contributed by atoms with Crippen LogP contribution >= 0.6 is 0 Å². The van der Waals surface area contributed by atoms with Crippen molar-refractivity contribution in [3.8, 4) is 5.75 Å². The summed E-state index contributed by atoms with van der Waals surface area (Å²) in [6, 6.07) is 8.50. The molecule has 0 radical (unpaired) electrons. The number of aryl methyl sites for hydroxylation is 1. The minimum absolute atomic E-state index is 0.105. The molecular weight excluding hydrogens is 596 g/mol. The van der Waals surface area contributed by atoms with Gasteiger partial charge >= 0.3 is 5.97 Å². The molecule has 3 aliphatic rings. The summed E-state index contributed by atoms with van der Waals surface area (Å²) in [5, 5.41) is 10.7. The molecule has 47 heavy (non-hydrogen) atoms. The number of rotatable bonds is 19. The topological polar surface area (TPSA) is 92.7 Å². The highest BCUT2D eigenvalue weighted by Gasteiger charge is 2.47. The Morgan fingerprint density at radius 1 is 0.957 bits per heavy atom. The average molecular weight is 655 g/mol. The van der Waals surface area contributed by atoms with Gasteiger partial charge in [-0.05, 0) is 119 Å². The summed E-state index contributed by atoms with van der Waals surface area (Å²) in [7, 11) is 1.33. The van der Waals surface area contributed by atoms with E-state index in [4.69, 9.17) is 28.4 Å². The van der Waals surface area contributed by atoms with Gasteiger partial charge in [0.1, 0.15) is 5.75 Å². The molecule has 2 heterocycles. The molecule has 2 aliphatic heterocycles. The number of allylic oxidation sites excluding steroid dienone is 1. The summed E-state index contributed by atoms with van der Waals surface area (Å²) in [6.45, 7) is 4.02. The van der Waals surface area contributed by atoms with Crippen molar-refractivity contribution < 1.29 is 38.3 Å². The van der Waals surface area contributed by atoms with Crippen LogP contribution in [0.3, 0.4) is 0 Å². The van der Waals surface area contributed by atoms with Gasteiger partial charge < -0.3 is 33.5 Å². The van der Waals surface area contributed by atoms with Crippen molar-refractivity contribution in [1.82, 2.24) is 0 Å². The fraction of sp³-hybridized carbons (Fsp3) is 0.692. The van der Waals surface area contributed by atoms with E-state index in [9.17, 15) is 9.90 Å². The van der Waals surface area contributed by atoms with E-state index in [1.807, 2.05) is 6.08 Å². The van der Waals surface area contributed by atoms with Crippen molar-refractivity contribution in [2.75, 3.05) is 26.9 Å². The SMILES string of the molecule is CCCCCCc1ccc(OCC/C=C/[C@H]2CC[C@H](O)[C@@H]2CC=C=CCC(OC2CCCCO2)(OC2CCCCO2)C(=O)OC)cc1. The number of unbranched alkanes of at least 4 members (excludes halogenated alkanes) is 3. The summed E-state index contributed by atoms with van der Waals surface area (Å²) >= 11 is 0. The first-order valence-electron chi connectivity index (χ1n) is 18.2. The van der Waals surface area contributed by atoms with Crippen LogP contribution in [-0.2, 0) is 34.9 Å². The number of hydrogen-bond donors (Lipinski definition) is 1. The highest BCUT2D eigenvalue weighted by Crippen LogP contribution is 2.36. The van der Waals surface area contributed by atoms with E-state index in [1.54, 1.807) is 6.08 Å². The lowest BCUT2D eigenvalue weighted by Gasteiger charge is -2.38. The summed E-state index contributed by atoms with van der Waals surface area (Å²) in [5.41, 5.74) is 4.59. The Kier molecular flexibility index (Phi) is 16.5. The normalized spacial score (nSPS) is 26.0. The largest absolute Gasteiger partial charge is 0.493 e. The van der Waals surface area contributed by atoms with Gasteiger partial charge in [-0.15, -0.1) is 5.73 Å². The summed E-state index contributed by atoms with van der Waals surface area (Å²) in [6.07, 6.45) is 21.4. The van der Waals surface area contributed by atoms with Crippen molar-refractivity contribution in [1.29, 1.82) is 0 Å². The lowest BCUT2D eigenvalue weighted by atomic mass is 9.91. The molecular formula is C39H58O8. The van der Waals surface area contributed by atoms with Gasteiger partial charge in [-0.2, -0.15) is 0 Å². The third-order valence-corrected chi connectivity index (χ3v) is 9.43. The first-order valence-corrected chi connectivity index (χ1v) is 18.2. The van der Waals surface area contributed by atoms with Crippen molar-refractivity contribution in [2.24, 2.45) is 11.8 Å². The number of aliphatic hydroxyl groups excluding tert-OH is 1. The van der Waals surface area contributed by atoms with Crippen LogP contribution in [0.15, 0.2) is 54.3 Å². The molecule has 0 bridgehead atoms. The van der Waals surface area contributed by atoms with Crippen molar-refractivity contribution in [3.05, 3.63) is 59.9 Å². The van der Waals surface area contributed by atoms with Crippen LogP contribution < -0.4 is 4.74 Å². The molecule has 2 saturated heterocycles. The fourth-order valence-electron chi connectivity index (χ4n) is 6.64. The average Bonchev–Trinajstić information content (AvgIpc) is 3.45. The number of carbonyl (C=O) groups excluding carboxylic acids is 1. The van der Waals surface area contributed by atoms with Gasteiger partial charge in [0.05, 0.1) is 19.8 Å². The molecule has 0 spiro atoms. The van der Waals surface area contributed by atoms with Crippen LogP contribution in [0.4, 0.5) is 0 Å². The van der Waals surface area contributed by atoms with E-state index in [0.29, 0.717) is 45.0 Å². The summed E-state index contributed by atoms with van der Waals surface area (Å²) < 4.78 is 35.2. The number of ether oxygens (including phenoxy) is 6. The zero-order valence-electron chi connectivity index (χ0n) is 28.7. The minimum atomic E-state index is -1.68. The molecule has 1 aromatic rings. The van der Waals surface area contributed by atoms with Crippen LogP contribution in [0.25, 0.3) is 0 Å². The van der Waals surface area contributed by atoms with Crippen LogP contribution in [0, 0.1) is 11.8 Å². The maximum absolute atomic E-state index is 13.1. The first-order chi connectivity index (χ1) is 23.0. The maximum Gasteiger partial charge on any atom is 0.367 e. The van der Waals surface area contributed by atoms with Gasteiger partial charge in [-0.3, -0.25) is 0 Å². The zero-order chi connectivity index (χ0) is 33.2.